The van der Waals surface area contributed by atoms with Crippen LogP contribution in [0.15, 0.2) is 4.99 Å². The first kappa shape index (κ1) is 19.2. The molecule has 0 heterocycles. The van der Waals surface area contributed by atoms with E-state index in [9.17, 15) is 0 Å². The van der Waals surface area contributed by atoms with Crippen molar-refractivity contribution < 1.29 is 9.47 Å². The van der Waals surface area contributed by atoms with Gasteiger partial charge in [0, 0.05) is 33.4 Å². The van der Waals surface area contributed by atoms with Crippen LogP contribution in [-0.4, -0.2) is 51.5 Å². The summed E-state index contributed by atoms with van der Waals surface area (Å²) in [6.45, 7) is 12.3. The van der Waals surface area contributed by atoms with E-state index in [2.05, 4.69) is 29.5 Å². The molecule has 0 fully saturated rings. The van der Waals surface area contributed by atoms with Gasteiger partial charge in [0.05, 0.1) is 12.1 Å². The van der Waals surface area contributed by atoms with Crippen molar-refractivity contribution in [2.24, 2.45) is 4.99 Å². The summed E-state index contributed by atoms with van der Waals surface area (Å²) in [6, 6.07) is 0. The molecule has 0 aromatic heterocycles. The maximum absolute atomic E-state index is 5.53. The van der Waals surface area contributed by atoms with E-state index < -0.39 is 0 Å². The van der Waals surface area contributed by atoms with Crippen LogP contribution in [0.25, 0.3) is 0 Å². The van der Waals surface area contributed by atoms with Gasteiger partial charge in [-0.3, -0.25) is 4.99 Å². The fourth-order valence-corrected chi connectivity index (χ4v) is 1.41. The Labute approximate surface area is 124 Å². The van der Waals surface area contributed by atoms with Gasteiger partial charge in [-0.15, -0.1) is 0 Å². The summed E-state index contributed by atoms with van der Waals surface area (Å²) >= 11 is 0. The van der Waals surface area contributed by atoms with E-state index in [1.807, 2.05) is 13.8 Å². The first-order chi connectivity index (χ1) is 9.55. The molecule has 0 atom stereocenters. The van der Waals surface area contributed by atoms with Crippen molar-refractivity contribution in [3.8, 4) is 0 Å². The standard InChI is InChI=1S/C15H33N3O2/c1-6-8-11-20-12-9-10-17-14(16-7-2)18-13-15(3,4)19-5/h6-13H2,1-5H3,(H2,16,17,18). The van der Waals surface area contributed by atoms with Gasteiger partial charge < -0.3 is 20.1 Å². The molecule has 5 nitrogen and oxygen atoms in total. The van der Waals surface area contributed by atoms with Crippen LogP contribution in [-0.2, 0) is 9.47 Å². The molecule has 0 radical (unpaired) electrons. The van der Waals surface area contributed by atoms with Crippen molar-refractivity contribution in [2.75, 3.05) is 40.0 Å². The highest BCUT2D eigenvalue weighted by Crippen LogP contribution is 2.06. The highest BCUT2D eigenvalue weighted by atomic mass is 16.5. The predicted molar refractivity (Wildman–Crippen MR) is 85.4 cm³/mol. The average Bonchev–Trinajstić information content (AvgIpc) is 2.43. The third-order valence-electron chi connectivity index (χ3n) is 2.91. The molecule has 5 heteroatoms. The maximum atomic E-state index is 5.53. The molecular weight excluding hydrogens is 254 g/mol. The first-order valence-corrected chi connectivity index (χ1v) is 7.70. The highest BCUT2D eigenvalue weighted by Gasteiger charge is 2.15. The van der Waals surface area contributed by atoms with Crippen molar-refractivity contribution in [3.05, 3.63) is 0 Å². The van der Waals surface area contributed by atoms with Gasteiger partial charge >= 0.3 is 0 Å². The Kier molecular flexibility index (Phi) is 11.5. The van der Waals surface area contributed by atoms with Crippen LogP contribution >= 0.6 is 0 Å². The molecule has 0 aliphatic carbocycles. The third kappa shape index (κ3) is 11.1. The number of guanidine groups is 1. The van der Waals surface area contributed by atoms with E-state index in [0.29, 0.717) is 6.54 Å². The van der Waals surface area contributed by atoms with E-state index in [-0.39, 0.29) is 5.60 Å². The lowest BCUT2D eigenvalue weighted by atomic mass is 10.1. The predicted octanol–water partition coefficient (Wildman–Crippen LogP) is 2.17. The van der Waals surface area contributed by atoms with Crippen molar-refractivity contribution >= 4 is 5.96 Å². The Hall–Kier alpha value is -0.810. The zero-order chi connectivity index (χ0) is 15.3. The summed E-state index contributed by atoms with van der Waals surface area (Å²) in [4.78, 5) is 4.53. The molecule has 0 unspecified atom stereocenters. The second-order valence-corrected chi connectivity index (χ2v) is 5.41. The van der Waals surface area contributed by atoms with E-state index in [4.69, 9.17) is 9.47 Å². The summed E-state index contributed by atoms with van der Waals surface area (Å²) in [7, 11) is 1.71. The van der Waals surface area contributed by atoms with Crippen LogP contribution in [0, 0.1) is 0 Å². The number of hydrogen-bond donors (Lipinski definition) is 2. The summed E-state index contributed by atoms with van der Waals surface area (Å²) in [5.74, 6) is 0.839. The van der Waals surface area contributed by atoms with Crippen LogP contribution in [0.2, 0.25) is 0 Å². The molecule has 0 saturated carbocycles. The molecule has 0 aromatic rings. The average molecular weight is 287 g/mol. The van der Waals surface area contributed by atoms with E-state index in [1.165, 1.54) is 6.42 Å². The minimum atomic E-state index is -0.231. The highest BCUT2D eigenvalue weighted by molar-refractivity contribution is 5.79. The number of unbranched alkanes of at least 4 members (excludes halogenated alkanes) is 1. The van der Waals surface area contributed by atoms with Gasteiger partial charge in [0.25, 0.3) is 0 Å². The smallest absolute Gasteiger partial charge is 0.191 e. The molecule has 2 N–H and O–H groups in total. The Morgan fingerprint density at radius 1 is 1.10 bits per heavy atom. The molecule has 0 aromatic carbocycles. The molecule has 0 spiro atoms. The maximum Gasteiger partial charge on any atom is 0.191 e. The quantitative estimate of drug-likeness (QED) is 0.347. The second kappa shape index (κ2) is 12.0. The Balaban J connectivity index is 3.87. The Morgan fingerprint density at radius 2 is 1.80 bits per heavy atom. The summed E-state index contributed by atoms with van der Waals surface area (Å²) in [6.07, 6.45) is 3.32. The van der Waals surface area contributed by atoms with Crippen LogP contribution in [0.3, 0.4) is 0 Å². The number of hydrogen-bond acceptors (Lipinski definition) is 3. The summed E-state index contributed by atoms with van der Waals surface area (Å²) in [5.41, 5.74) is -0.231. The lowest BCUT2D eigenvalue weighted by Gasteiger charge is -2.21. The van der Waals surface area contributed by atoms with Crippen molar-refractivity contribution in [1.82, 2.24) is 10.6 Å². The molecular formula is C15H33N3O2. The first-order valence-electron chi connectivity index (χ1n) is 7.70. The van der Waals surface area contributed by atoms with E-state index in [1.54, 1.807) is 7.11 Å². The fourth-order valence-electron chi connectivity index (χ4n) is 1.41. The Morgan fingerprint density at radius 3 is 2.40 bits per heavy atom. The summed E-state index contributed by atoms with van der Waals surface area (Å²) in [5, 5.41) is 6.54. The summed E-state index contributed by atoms with van der Waals surface area (Å²) < 4.78 is 10.9. The van der Waals surface area contributed by atoms with Gasteiger partial charge in [0.1, 0.15) is 0 Å². The van der Waals surface area contributed by atoms with Gasteiger partial charge in [0.15, 0.2) is 5.96 Å². The topological polar surface area (TPSA) is 54.9 Å². The van der Waals surface area contributed by atoms with Gasteiger partial charge in [-0.2, -0.15) is 0 Å². The van der Waals surface area contributed by atoms with E-state index >= 15 is 0 Å². The fraction of sp³-hybridized carbons (Fsp3) is 0.933. The molecule has 0 bridgehead atoms. The largest absolute Gasteiger partial charge is 0.381 e. The number of rotatable bonds is 11. The third-order valence-corrected chi connectivity index (χ3v) is 2.91. The number of methoxy groups -OCH3 is 1. The lowest BCUT2D eigenvalue weighted by Crippen LogP contribution is -2.39. The Bertz CT molecular complexity index is 256. The zero-order valence-corrected chi connectivity index (χ0v) is 13.9. The molecule has 0 aliphatic heterocycles. The normalized spacial score (nSPS) is 12.6. The SMILES string of the molecule is CCCCOCCCNC(=NCC(C)(C)OC)NCC. The van der Waals surface area contributed by atoms with Crippen LogP contribution < -0.4 is 10.6 Å². The van der Waals surface area contributed by atoms with Gasteiger partial charge in [0.2, 0.25) is 0 Å². The van der Waals surface area contributed by atoms with Crippen molar-refractivity contribution in [1.29, 1.82) is 0 Å². The van der Waals surface area contributed by atoms with Gasteiger partial charge in [-0.1, -0.05) is 13.3 Å². The lowest BCUT2D eigenvalue weighted by molar-refractivity contribution is 0.0310. The molecule has 0 rings (SSSR count). The van der Waals surface area contributed by atoms with Crippen LogP contribution in [0.1, 0.15) is 47.0 Å². The van der Waals surface area contributed by atoms with Crippen LogP contribution in [0.5, 0.6) is 0 Å². The molecule has 0 aliphatic rings. The number of aliphatic imine (C=N–C) groups is 1. The van der Waals surface area contributed by atoms with Crippen LogP contribution in [0.4, 0.5) is 0 Å². The van der Waals surface area contributed by atoms with Gasteiger partial charge in [-0.25, -0.2) is 0 Å². The molecule has 0 saturated heterocycles. The number of nitrogens with zero attached hydrogens (tertiary/aromatic N) is 1. The molecule has 0 amide bonds. The number of nitrogens with one attached hydrogen (secondary N) is 2. The zero-order valence-electron chi connectivity index (χ0n) is 13.9. The minimum absolute atomic E-state index is 0.231. The van der Waals surface area contributed by atoms with Gasteiger partial charge in [-0.05, 0) is 33.6 Å². The minimum Gasteiger partial charge on any atom is -0.381 e. The van der Waals surface area contributed by atoms with Crippen molar-refractivity contribution in [3.63, 3.8) is 0 Å². The molecule has 20 heavy (non-hydrogen) atoms. The second-order valence-electron chi connectivity index (χ2n) is 5.41. The molecule has 120 valence electrons. The monoisotopic (exact) mass is 287 g/mol. The number of ether oxygens (including phenoxy) is 2. The van der Waals surface area contributed by atoms with Crippen molar-refractivity contribution in [2.45, 2.75) is 52.6 Å². The van der Waals surface area contributed by atoms with E-state index in [0.717, 1.165) is 45.1 Å².